The average molecular weight is 174 g/mol. The van der Waals surface area contributed by atoms with Gasteiger partial charge in [-0.1, -0.05) is 44.6 Å². The minimum atomic E-state index is 1.13. The lowest BCUT2D eigenvalue weighted by Gasteiger charge is -1.94. The number of hydrogen-bond acceptors (Lipinski definition) is 0. The maximum atomic E-state index is 4.97. The Labute approximate surface area is 82.4 Å². The highest BCUT2D eigenvalue weighted by Gasteiger charge is 1.85. The van der Waals surface area contributed by atoms with Crippen molar-refractivity contribution >= 4 is 0 Å². The third-order valence-electron chi connectivity index (χ3n) is 1.82. The van der Waals surface area contributed by atoms with E-state index in [2.05, 4.69) is 30.8 Å². The normalized spacial score (nSPS) is 9.23. The predicted molar refractivity (Wildman–Crippen MR) is 59.1 cm³/mol. The van der Waals surface area contributed by atoms with Crippen molar-refractivity contribution in [3.63, 3.8) is 0 Å². The summed E-state index contributed by atoms with van der Waals surface area (Å²) in [5.41, 5.74) is 0. The smallest absolute Gasteiger partial charge is 0.0108 e. The minimum absolute atomic E-state index is 1.13. The van der Waals surface area contributed by atoms with Crippen molar-refractivity contribution in [2.75, 3.05) is 0 Å². The van der Waals surface area contributed by atoms with Crippen LogP contribution >= 0.6 is 0 Å². The molecule has 0 saturated carbocycles. The zero-order valence-electron chi connectivity index (χ0n) is 8.47. The molecule has 0 atom stereocenters. The van der Waals surface area contributed by atoms with Crippen LogP contribution in [0, 0.1) is 24.2 Å². The van der Waals surface area contributed by atoms with E-state index in [0.29, 0.717) is 0 Å². The van der Waals surface area contributed by atoms with Crippen LogP contribution in [0.3, 0.4) is 0 Å². The molecule has 0 unspecified atom stereocenters. The molecule has 0 aromatic carbocycles. The van der Waals surface area contributed by atoms with E-state index in [-0.39, 0.29) is 0 Å². The highest BCUT2D eigenvalue weighted by molar-refractivity contribution is 5.27. The molecule has 0 radical (unpaired) electrons. The van der Waals surface area contributed by atoms with Gasteiger partial charge in [-0.3, -0.25) is 0 Å². The van der Waals surface area contributed by atoms with Crippen LogP contribution in [0.5, 0.6) is 0 Å². The van der Waals surface area contributed by atoms with Gasteiger partial charge >= 0.3 is 0 Å². The average Bonchev–Trinajstić information content (AvgIpc) is 2.16. The van der Waals surface area contributed by atoms with E-state index in [4.69, 9.17) is 6.42 Å². The predicted octanol–water partition coefficient (Wildman–Crippen LogP) is 3.54. The first-order valence-corrected chi connectivity index (χ1v) is 5.03. The standard InChI is InChI=1S/C13H18/c1-3-5-7-9-11-13-12-10-8-6-4-2/h1,9,11H,4,6,8,10,12-13H2,2H3. The fourth-order valence-corrected chi connectivity index (χ4v) is 1.09. The van der Waals surface area contributed by atoms with Gasteiger partial charge in [-0.2, -0.15) is 0 Å². The van der Waals surface area contributed by atoms with Gasteiger partial charge < -0.3 is 0 Å². The summed E-state index contributed by atoms with van der Waals surface area (Å²) < 4.78 is 0. The highest BCUT2D eigenvalue weighted by Crippen LogP contribution is 2.04. The Hall–Kier alpha value is -1.14. The third kappa shape index (κ3) is 10.9. The molecule has 0 nitrogen and oxygen atoms in total. The number of hydrogen-bond donors (Lipinski definition) is 0. The summed E-state index contributed by atoms with van der Waals surface area (Å²) in [5.74, 6) is 7.60. The molecule has 0 aromatic heterocycles. The first kappa shape index (κ1) is 11.9. The van der Waals surface area contributed by atoms with Gasteiger partial charge in [0.15, 0.2) is 0 Å². The summed E-state index contributed by atoms with van der Waals surface area (Å²) in [4.78, 5) is 0. The monoisotopic (exact) mass is 174 g/mol. The van der Waals surface area contributed by atoms with E-state index < -0.39 is 0 Å². The van der Waals surface area contributed by atoms with E-state index >= 15 is 0 Å². The second-order valence-electron chi connectivity index (χ2n) is 3.02. The summed E-state index contributed by atoms with van der Waals surface area (Å²) >= 11 is 0. The first-order valence-electron chi connectivity index (χ1n) is 5.03. The van der Waals surface area contributed by atoms with Gasteiger partial charge in [0, 0.05) is 0 Å². The zero-order chi connectivity index (χ0) is 9.78. The summed E-state index contributed by atoms with van der Waals surface area (Å²) in [6.45, 7) is 2.23. The Morgan fingerprint density at radius 2 is 1.92 bits per heavy atom. The molecule has 0 fully saturated rings. The molecule has 0 aliphatic rings. The zero-order valence-corrected chi connectivity index (χ0v) is 8.47. The van der Waals surface area contributed by atoms with Gasteiger partial charge in [-0.05, 0) is 30.8 Å². The molecule has 70 valence electrons. The molecule has 0 amide bonds. The molecule has 0 rings (SSSR count). The van der Waals surface area contributed by atoms with Gasteiger partial charge in [0.2, 0.25) is 0 Å². The van der Waals surface area contributed by atoms with E-state index in [9.17, 15) is 0 Å². The third-order valence-corrected chi connectivity index (χ3v) is 1.82. The van der Waals surface area contributed by atoms with Gasteiger partial charge in [0.05, 0.1) is 0 Å². The lowest BCUT2D eigenvalue weighted by Crippen LogP contribution is -1.75. The molecule has 0 aliphatic heterocycles. The van der Waals surface area contributed by atoms with Gasteiger partial charge in [-0.15, -0.1) is 6.42 Å². The second-order valence-corrected chi connectivity index (χ2v) is 3.02. The van der Waals surface area contributed by atoms with Crippen LogP contribution < -0.4 is 0 Å². The van der Waals surface area contributed by atoms with Crippen molar-refractivity contribution in [3.05, 3.63) is 12.2 Å². The van der Waals surface area contributed by atoms with Gasteiger partial charge in [0.1, 0.15) is 0 Å². The molecule has 0 aromatic rings. The van der Waals surface area contributed by atoms with E-state index in [1.165, 1.54) is 32.1 Å². The fraction of sp³-hybridized carbons (Fsp3) is 0.538. The number of unbranched alkanes of at least 4 members (excludes halogenated alkanes) is 5. The molecule has 13 heavy (non-hydrogen) atoms. The van der Waals surface area contributed by atoms with Crippen LogP contribution in [0.15, 0.2) is 12.2 Å². The van der Waals surface area contributed by atoms with Crippen LogP contribution in [-0.4, -0.2) is 0 Å². The van der Waals surface area contributed by atoms with Crippen molar-refractivity contribution in [3.8, 4) is 24.2 Å². The molecule has 0 aliphatic carbocycles. The van der Waals surface area contributed by atoms with Crippen molar-refractivity contribution in [1.82, 2.24) is 0 Å². The molecule has 0 heteroatoms. The number of allylic oxidation sites excluding steroid dienone is 2. The second kappa shape index (κ2) is 10.9. The maximum Gasteiger partial charge on any atom is -0.0108 e. The molecule has 0 spiro atoms. The van der Waals surface area contributed by atoms with Crippen molar-refractivity contribution in [2.24, 2.45) is 0 Å². The fourth-order valence-electron chi connectivity index (χ4n) is 1.09. The van der Waals surface area contributed by atoms with Gasteiger partial charge in [-0.25, -0.2) is 0 Å². The summed E-state index contributed by atoms with van der Waals surface area (Å²) in [6.07, 6.45) is 16.7. The lowest BCUT2D eigenvalue weighted by atomic mass is 10.1. The van der Waals surface area contributed by atoms with Crippen LogP contribution in [0.4, 0.5) is 0 Å². The molecule has 0 heterocycles. The minimum Gasteiger partial charge on any atom is -0.106 e. The lowest BCUT2D eigenvalue weighted by molar-refractivity contribution is 0.637. The van der Waals surface area contributed by atoms with Crippen LogP contribution in [-0.2, 0) is 0 Å². The molecule has 0 bridgehead atoms. The maximum absolute atomic E-state index is 4.97. The van der Waals surface area contributed by atoms with E-state index in [1.54, 1.807) is 0 Å². The summed E-state index contributed by atoms with van der Waals surface area (Å²) in [5, 5.41) is 0. The Balaban J connectivity index is 3.16. The summed E-state index contributed by atoms with van der Waals surface area (Å²) in [7, 11) is 0. The molecular formula is C13H18. The molecule has 0 N–H and O–H groups in total. The quantitative estimate of drug-likeness (QED) is 0.427. The Morgan fingerprint density at radius 1 is 1.15 bits per heavy atom. The highest BCUT2D eigenvalue weighted by atomic mass is 13.9. The topological polar surface area (TPSA) is 0 Å². The Kier molecular flexibility index (Phi) is 9.91. The number of rotatable bonds is 6. The molecular weight excluding hydrogens is 156 g/mol. The van der Waals surface area contributed by atoms with Crippen LogP contribution in [0.2, 0.25) is 0 Å². The van der Waals surface area contributed by atoms with Gasteiger partial charge in [0.25, 0.3) is 0 Å². The van der Waals surface area contributed by atoms with Crippen LogP contribution in [0.25, 0.3) is 0 Å². The largest absolute Gasteiger partial charge is 0.106 e. The Morgan fingerprint density at radius 3 is 2.62 bits per heavy atom. The number of terminal acetylenes is 1. The van der Waals surface area contributed by atoms with E-state index in [1.807, 2.05) is 6.08 Å². The van der Waals surface area contributed by atoms with Crippen molar-refractivity contribution in [1.29, 1.82) is 0 Å². The van der Waals surface area contributed by atoms with Crippen LogP contribution in [0.1, 0.15) is 45.4 Å². The Bertz CT molecular complexity index is 217. The SMILES string of the molecule is C#CC#CC=CCCCCCCC. The van der Waals surface area contributed by atoms with Crippen molar-refractivity contribution in [2.45, 2.75) is 45.4 Å². The molecule has 0 saturated heterocycles. The first-order chi connectivity index (χ1) is 6.41. The summed E-state index contributed by atoms with van der Waals surface area (Å²) in [6, 6.07) is 0. The van der Waals surface area contributed by atoms with E-state index in [0.717, 1.165) is 6.42 Å². The van der Waals surface area contributed by atoms with Crippen molar-refractivity contribution < 1.29 is 0 Å².